The Hall–Kier alpha value is -2.82. The molecule has 3 nitrogen and oxygen atoms in total. The van der Waals surface area contributed by atoms with Crippen molar-refractivity contribution in [1.29, 1.82) is 10.5 Å². The Morgan fingerprint density at radius 1 is 1.09 bits per heavy atom. The quantitative estimate of drug-likeness (QED) is 0.780. The van der Waals surface area contributed by atoms with Gasteiger partial charge in [-0.15, -0.1) is 0 Å². The molecule has 0 amide bonds. The van der Waals surface area contributed by atoms with E-state index in [1.165, 1.54) is 6.92 Å². The first-order valence-corrected chi connectivity index (χ1v) is 7.85. The maximum absolute atomic E-state index is 11.3. The van der Waals surface area contributed by atoms with Crippen LogP contribution >= 0.6 is 11.8 Å². The van der Waals surface area contributed by atoms with Gasteiger partial charge >= 0.3 is 0 Å². The minimum atomic E-state index is -1.31. The SMILES string of the molecule is CC(=O)Sc1cccc(C2=Cc3ccccc3C2(C#N)C#N)c1. The van der Waals surface area contributed by atoms with Crippen LogP contribution in [0.3, 0.4) is 0 Å². The number of carbonyl (C=O) groups excluding carboxylic acids is 1. The lowest BCUT2D eigenvalue weighted by atomic mass is 9.77. The van der Waals surface area contributed by atoms with E-state index >= 15 is 0 Å². The number of nitriles is 2. The molecular formula is C19H12N2OS. The Balaban J connectivity index is 2.16. The third-order valence-electron chi connectivity index (χ3n) is 3.81. The van der Waals surface area contributed by atoms with Crippen LogP contribution in [0.15, 0.2) is 53.4 Å². The van der Waals surface area contributed by atoms with Crippen molar-refractivity contribution in [3.63, 3.8) is 0 Å². The zero-order valence-corrected chi connectivity index (χ0v) is 13.2. The number of rotatable bonds is 2. The molecule has 0 saturated heterocycles. The van der Waals surface area contributed by atoms with Gasteiger partial charge in [0.1, 0.15) is 0 Å². The molecule has 0 radical (unpaired) electrons. The van der Waals surface area contributed by atoms with Crippen molar-refractivity contribution < 1.29 is 4.79 Å². The van der Waals surface area contributed by atoms with Gasteiger partial charge in [-0.1, -0.05) is 48.2 Å². The Bertz CT molecular complexity index is 901. The van der Waals surface area contributed by atoms with Crippen LogP contribution in [0, 0.1) is 22.7 Å². The van der Waals surface area contributed by atoms with E-state index < -0.39 is 5.41 Å². The highest BCUT2D eigenvalue weighted by atomic mass is 32.2. The van der Waals surface area contributed by atoms with Gasteiger partial charge in [0.25, 0.3) is 0 Å². The normalized spacial score (nSPS) is 14.3. The van der Waals surface area contributed by atoms with Crippen molar-refractivity contribution >= 4 is 28.5 Å². The van der Waals surface area contributed by atoms with Gasteiger partial charge in [0.05, 0.1) is 12.1 Å². The van der Waals surface area contributed by atoms with Crippen molar-refractivity contribution in [2.45, 2.75) is 17.2 Å². The molecule has 110 valence electrons. The van der Waals surface area contributed by atoms with Crippen LogP contribution in [0.25, 0.3) is 11.6 Å². The topological polar surface area (TPSA) is 64.7 Å². The van der Waals surface area contributed by atoms with E-state index in [9.17, 15) is 15.3 Å². The van der Waals surface area contributed by atoms with E-state index in [-0.39, 0.29) is 5.12 Å². The van der Waals surface area contributed by atoms with Crippen LogP contribution in [-0.4, -0.2) is 5.12 Å². The summed E-state index contributed by atoms with van der Waals surface area (Å²) in [6.45, 7) is 1.51. The fraction of sp³-hybridized carbons (Fsp3) is 0.105. The largest absolute Gasteiger partial charge is 0.287 e. The molecule has 0 atom stereocenters. The summed E-state index contributed by atoms with van der Waals surface area (Å²) in [6.07, 6.45) is 1.89. The molecule has 1 aliphatic carbocycles. The number of fused-ring (bicyclic) bond motifs is 1. The summed E-state index contributed by atoms with van der Waals surface area (Å²) in [6, 6.07) is 19.2. The highest BCUT2D eigenvalue weighted by Crippen LogP contribution is 2.46. The number of carbonyl (C=O) groups is 1. The summed E-state index contributed by atoms with van der Waals surface area (Å²) in [5, 5.41) is 19.5. The molecule has 0 N–H and O–H groups in total. The number of thioether (sulfide) groups is 1. The van der Waals surface area contributed by atoms with Gasteiger partial charge in [0, 0.05) is 11.8 Å². The minimum Gasteiger partial charge on any atom is -0.287 e. The second kappa shape index (κ2) is 5.76. The van der Waals surface area contributed by atoms with Crippen LogP contribution < -0.4 is 0 Å². The number of allylic oxidation sites excluding steroid dienone is 1. The molecule has 0 saturated carbocycles. The molecule has 23 heavy (non-hydrogen) atoms. The summed E-state index contributed by atoms with van der Waals surface area (Å²) in [5.41, 5.74) is 1.74. The molecule has 2 aromatic carbocycles. The Labute approximate surface area is 138 Å². The van der Waals surface area contributed by atoms with E-state index in [0.717, 1.165) is 27.8 Å². The van der Waals surface area contributed by atoms with E-state index in [4.69, 9.17) is 0 Å². The number of nitrogens with zero attached hydrogens (tertiary/aromatic N) is 2. The van der Waals surface area contributed by atoms with Gasteiger partial charge in [0.2, 0.25) is 0 Å². The van der Waals surface area contributed by atoms with Gasteiger partial charge in [-0.2, -0.15) is 10.5 Å². The average Bonchev–Trinajstić information content (AvgIpc) is 2.89. The molecule has 0 fully saturated rings. The maximum Gasteiger partial charge on any atom is 0.194 e. The highest BCUT2D eigenvalue weighted by molar-refractivity contribution is 8.13. The number of hydrogen-bond donors (Lipinski definition) is 0. The maximum atomic E-state index is 11.3. The molecule has 0 spiro atoms. The van der Waals surface area contributed by atoms with Crippen LogP contribution in [0.4, 0.5) is 0 Å². The predicted octanol–water partition coefficient (Wildman–Crippen LogP) is 4.16. The van der Waals surface area contributed by atoms with Crippen LogP contribution in [0.2, 0.25) is 0 Å². The fourth-order valence-electron chi connectivity index (χ4n) is 2.83. The summed E-state index contributed by atoms with van der Waals surface area (Å²) < 4.78 is 0. The second-order valence-corrected chi connectivity index (χ2v) is 6.49. The molecule has 0 unspecified atom stereocenters. The van der Waals surface area contributed by atoms with E-state index in [1.54, 1.807) is 0 Å². The molecule has 0 heterocycles. The Morgan fingerprint density at radius 3 is 2.52 bits per heavy atom. The molecule has 2 aromatic rings. The van der Waals surface area contributed by atoms with Crippen molar-refractivity contribution in [3.8, 4) is 12.1 Å². The van der Waals surface area contributed by atoms with Crippen molar-refractivity contribution in [2.24, 2.45) is 0 Å². The van der Waals surface area contributed by atoms with Gasteiger partial charge in [-0.3, -0.25) is 4.79 Å². The highest BCUT2D eigenvalue weighted by Gasteiger charge is 2.43. The lowest BCUT2D eigenvalue weighted by Crippen LogP contribution is -2.21. The first kappa shape index (κ1) is 15.1. The second-order valence-electron chi connectivity index (χ2n) is 5.24. The van der Waals surface area contributed by atoms with Crippen LogP contribution in [-0.2, 0) is 10.2 Å². The molecular weight excluding hydrogens is 304 g/mol. The van der Waals surface area contributed by atoms with Crippen LogP contribution in [0.5, 0.6) is 0 Å². The monoisotopic (exact) mass is 316 g/mol. The van der Waals surface area contributed by atoms with Gasteiger partial charge in [-0.05, 0) is 40.5 Å². The summed E-state index contributed by atoms with van der Waals surface area (Å²) in [5.74, 6) is 0. The van der Waals surface area contributed by atoms with E-state index in [1.807, 2.05) is 54.6 Å². The van der Waals surface area contributed by atoms with E-state index in [2.05, 4.69) is 12.1 Å². The molecule has 3 rings (SSSR count). The van der Waals surface area contributed by atoms with Gasteiger partial charge in [-0.25, -0.2) is 0 Å². The zero-order chi connectivity index (χ0) is 16.4. The van der Waals surface area contributed by atoms with E-state index in [0.29, 0.717) is 11.1 Å². The first-order chi connectivity index (χ1) is 11.1. The fourth-order valence-corrected chi connectivity index (χ4v) is 3.50. The molecule has 0 bridgehead atoms. The summed E-state index contributed by atoms with van der Waals surface area (Å²) in [4.78, 5) is 12.1. The standard InChI is InChI=1S/C19H12N2OS/c1-13(22)23-16-7-4-6-14(9-16)18-10-15-5-2-3-8-17(15)19(18,11-20)12-21/h2-10H,1H3. The van der Waals surface area contributed by atoms with Crippen molar-refractivity contribution in [2.75, 3.05) is 0 Å². The first-order valence-electron chi connectivity index (χ1n) is 7.04. The third-order valence-corrected chi connectivity index (χ3v) is 4.59. The summed E-state index contributed by atoms with van der Waals surface area (Å²) >= 11 is 1.14. The Morgan fingerprint density at radius 2 is 1.83 bits per heavy atom. The van der Waals surface area contributed by atoms with Crippen molar-refractivity contribution in [3.05, 3.63) is 65.2 Å². The molecule has 4 heteroatoms. The smallest absolute Gasteiger partial charge is 0.194 e. The molecule has 0 aliphatic heterocycles. The molecule has 0 aromatic heterocycles. The lowest BCUT2D eigenvalue weighted by molar-refractivity contribution is -0.109. The van der Waals surface area contributed by atoms with Crippen LogP contribution in [0.1, 0.15) is 23.6 Å². The van der Waals surface area contributed by atoms with Gasteiger partial charge < -0.3 is 0 Å². The summed E-state index contributed by atoms with van der Waals surface area (Å²) in [7, 11) is 0. The minimum absolute atomic E-state index is 0.00216. The third kappa shape index (κ3) is 2.44. The Kier molecular flexibility index (Phi) is 3.78. The zero-order valence-electron chi connectivity index (χ0n) is 12.4. The van der Waals surface area contributed by atoms with Crippen molar-refractivity contribution in [1.82, 2.24) is 0 Å². The number of hydrogen-bond acceptors (Lipinski definition) is 4. The average molecular weight is 316 g/mol. The van der Waals surface area contributed by atoms with Gasteiger partial charge in [0.15, 0.2) is 10.5 Å². The number of benzene rings is 2. The predicted molar refractivity (Wildman–Crippen MR) is 90.2 cm³/mol. The molecule has 1 aliphatic rings. The lowest BCUT2D eigenvalue weighted by Gasteiger charge is -2.19.